The molecule has 2 rings (SSSR count). The number of Topliss-reactive ketones (excluding diaryl/α,β-unsaturated/α-hetero) is 1. The summed E-state index contributed by atoms with van der Waals surface area (Å²) in [6, 6.07) is 7.83. The number of nitrogen functional groups attached to an aromatic ring is 2. The molecule has 0 saturated carbocycles. The van der Waals surface area contributed by atoms with Crippen molar-refractivity contribution in [3.05, 3.63) is 46.2 Å². The summed E-state index contributed by atoms with van der Waals surface area (Å²) in [4.78, 5) is 85.0. The van der Waals surface area contributed by atoms with Gasteiger partial charge in [0.05, 0.1) is 6.04 Å². The number of aromatic nitrogens is 2. The molecule has 0 unspecified atom stereocenters. The lowest BCUT2D eigenvalue weighted by atomic mass is 9.90. The van der Waals surface area contributed by atoms with Gasteiger partial charge in [-0.3, -0.25) is 29.6 Å². The van der Waals surface area contributed by atoms with E-state index in [1.54, 1.807) is 55.6 Å². The number of hydrogen-bond acceptors (Lipinski definition) is 13. The van der Waals surface area contributed by atoms with Crippen LogP contribution in [0.1, 0.15) is 108 Å². The number of carbonyl (C=O) groups is 5. The van der Waals surface area contributed by atoms with Crippen molar-refractivity contribution in [1.29, 1.82) is 0 Å². The number of carbonyl (C=O) groups excluding carboxylic acids is 5. The first-order chi connectivity index (χ1) is 28.8. The molecule has 0 aliphatic carbocycles. The molecule has 62 heavy (non-hydrogen) atoms. The number of hydrogen-bond donors (Lipinski definition) is 5. The lowest BCUT2D eigenvalue weighted by molar-refractivity contribution is -0.137. The van der Waals surface area contributed by atoms with Gasteiger partial charge in [-0.1, -0.05) is 42.3 Å². The maximum absolute atomic E-state index is 13.8. The van der Waals surface area contributed by atoms with Crippen LogP contribution in [0, 0.1) is 5.92 Å². The highest BCUT2D eigenvalue weighted by Crippen LogP contribution is 2.22. The minimum Gasteiger partial charge on any atom is -0.443 e. The standard InChI is InChI=1S/C42H67ClN12O7/c1-41(2,3)61-39(59)52-38(47)55(40(60)62-42(4,5)6)24-14-12-16-28(36(58)54(9)10)25-30(56)29(53(7)8)22-21-27-19-17-26(18-20-27)15-11-13-23-48-37(46)51-35(57)31-33(44)50-34(45)32(43)49-31/h17-20,28-29H,11-16,21-25H2,1-10H3,(H4,44,45,50)(H2,47,52,59)(H3,46,48,51,57)/t28-,29+/m1/s1. The smallest absolute Gasteiger partial charge is 0.437 e. The summed E-state index contributed by atoms with van der Waals surface area (Å²) < 4.78 is 10.7. The number of aryl methyl sites for hydroxylation is 2. The van der Waals surface area contributed by atoms with Crippen LogP contribution in [0.15, 0.2) is 34.3 Å². The highest BCUT2D eigenvalue weighted by atomic mass is 35.5. The molecule has 2 aromatic rings. The number of anilines is 2. The first kappa shape index (κ1) is 52.6. The Morgan fingerprint density at radius 3 is 1.97 bits per heavy atom. The van der Waals surface area contributed by atoms with Gasteiger partial charge >= 0.3 is 12.2 Å². The maximum atomic E-state index is 13.8. The van der Waals surface area contributed by atoms with Crippen molar-refractivity contribution >= 4 is 64.9 Å². The van der Waals surface area contributed by atoms with E-state index in [2.05, 4.69) is 49.5 Å². The van der Waals surface area contributed by atoms with Gasteiger partial charge in [-0.05, 0) is 112 Å². The minimum absolute atomic E-state index is 0.0359. The molecule has 0 spiro atoms. The van der Waals surface area contributed by atoms with Crippen molar-refractivity contribution in [2.45, 2.75) is 117 Å². The molecular weight excluding hydrogens is 820 g/mol. The predicted molar refractivity (Wildman–Crippen MR) is 241 cm³/mol. The average molecular weight is 888 g/mol. The average Bonchev–Trinajstić information content (AvgIpc) is 3.14. The van der Waals surface area contributed by atoms with Crippen LogP contribution in [0.25, 0.3) is 0 Å². The number of nitrogens with zero attached hydrogens (tertiary/aromatic N) is 7. The second-order valence-corrected chi connectivity index (χ2v) is 17.7. The number of guanidine groups is 2. The van der Waals surface area contributed by atoms with Crippen molar-refractivity contribution in [2.24, 2.45) is 27.4 Å². The first-order valence-corrected chi connectivity index (χ1v) is 20.9. The van der Waals surface area contributed by atoms with Crippen molar-refractivity contribution in [1.82, 2.24) is 30.0 Å². The van der Waals surface area contributed by atoms with Gasteiger partial charge in [0.15, 0.2) is 34.2 Å². The molecule has 1 heterocycles. The summed E-state index contributed by atoms with van der Waals surface area (Å²) in [6.07, 6.45) is 3.18. The number of ketones is 1. The van der Waals surface area contributed by atoms with E-state index in [9.17, 15) is 24.0 Å². The van der Waals surface area contributed by atoms with Crippen LogP contribution < -0.4 is 28.3 Å². The fourth-order valence-electron chi connectivity index (χ4n) is 6.12. The summed E-state index contributed by atoms with van der Waals surface area (Å²) in [7, 11) is 7.03. The normalized spacial score (nSPS) is 13.3. The van der Waals surface area contributed by atoms with Crippen LogP contribution >= 0.6 is 11.6 Å². The van der Waals surface area contributed by atoms with Crippen LogP contribution in [0.4, 0.5) is 21.2 Å². The molecule has 4 amide bonds. The molecule has 0 bridgehead atoms. The van der Waals surface area contributed by atoms with E-state index in [0.29, 0.717) is 38.6 Å². The van der Waals surface area contributed by atoms with Gasteiger partial charge in [0, 0.05) is 39.5 Å². The Kier molecular flexibility index (Phi) is 20.5. The Hall–Kier alpha value is -5.56. The summed E-state index contributed by atoms with van der Waals surface area (Å²) in [6.45, 7) is 10.6. The Labute approximate surface area is 370 Å². The number of likely N-dealkylation sites (N-methyl/N-ethyl adjacent to an activating group) is 1. The number of nitrogens with two attached hydrogens (primary N) is 4. The number of rotatable bonds is 19. The van der Waals surface area contributed by atoms with E-state index < -0.39 is 41.3 Å². The molecule has 0 saturated heterocycles. The molecular formula is C42H67ClN12O7. The molecule has 19 nitrogen and oxygen atoms in total. The van der Waals surface area contributed by atoms with Crippen LogP contribution in [-0.2, 0) is 31.9 Å². The highest BCUT2D eigenvalue weighted by Gasteiger charge is 2.30. The number of aliphatic imine (C=N–C) groups is 2. The number of amides is 4. The fraction of sp³-hybridized carbons (Fsp3) is 0.595. The summed E-state index contributed by atoms with van der Waals surface area (Å²) in [5, 5.41) is 2.27. The third-order valence-corrected chi connectivity index (χ3v) is 9.43. The lowest BCUT2D eigenvalue weighted by Crippen LogP contribution is -2.45. The topological polar surface area (TPSA) is 280 Å². The van der Waals surface area contributed by atoms with Gasteiger partial charge < -0.3 is 37.3 Å². The number of unbranched alkanes of at least 4 members (excludes halogenated alkanes) is 2. The molecule has 1 aromatic carbocycles. The molecule has 1 aromatic heterocycles. The van der Waals surface area contributed by atoms with E-state index >= 15 is 0 Å². The number of ether oxygens (including phenoxy) is 2. The van der Waals surface area contributed by atoms with Crippen molar-refractivity contribution < 1.29 is 33.4 Å². The summed E-state index contributed by atoms with van der Waals surface area (Å²) in [5.41, 5.74) is 23.6. The molecule has 344 valence electrons. The van der Waals surface area contributed by atoms with Crippen LogP contribution in [0.5, 0.6) is 0 Å². The van der Waals surface area contributed by atoms with Crippen molar-refractivity contribution in [3.63, 3.8) is 0 Å². The fourth-order valence-corrected chi connectivity index (χ4v) is 6.25. The van der Waals surface area contributed by atoms with Gasteiger partial charge in [0.25, 0.3) is 5.91 Å². The molecule has 9 N–H and O–H groups in total. The first-order valence-electron chi connectivity index (χ1n) is 20.5. The number of halogens is 1. The third-order valence-electron chi connectivity index (χ3n) is 9.15. The molecule has 2 atom stereocenters. The van der Waals surface area contributed by atoms with Gasteiger partial charge in [0.1, 0.15) is 11.2 Å². The molecule has 0 fully saturated rings. The second kappa shape index (κ2) is 24.2. The Morgan fingerprint density at radius 2 is 1.40 bits per heavy atom. The van der Waals surface area contributed by atoms with Gasteiger partial charge in [-0.25, -0.2) is 24.5 Å². The van der Waals surface area contributed by atoms with Gasteiger partial charge in [0.2, 0.25) is 11.9 Å². The van der Waals surface area contributed by atoms with E-state index in [-0.39, 0.29) is 59.1 Å². The largest absolute Gasteiger partial charge is 0.443 e. The maximum Gasteiger partial charge on any atom is 0.437 e. The van der Waals surface area contributed by atoms with Crippen LogP contribution in [0.2, 0.25) is 5.15 Å². The molecule has 0 radical (unpaired) electrons. The van der Waals surface area contributed by atoms with Gasteiger partial charge in [-0.15, -0.1) is 4.99 Å². The van der Waals surface area contributed by atoms with Crippen molar-refractivity contribution in [3.8, 4) is 0 Å². The van der Waals surface area contributed by atoms with E-state index in [1.807, 2.05) is 19.0 Å². The van der Waals surface area contributed by atoms with Crippen LogP contribution in [-0.4, -0.2) is 125 Å². The summed E-state index contributed by atoms with van der Waals surface area (Å²) >= 11 is 5.85. The third kappa shape index (κ3) is 19.0. The zero-order chi connectivity index (χ0) is 46.9. The van der Waals surface area contributed by atoms with Crippen LogP contribution in [0.3, 0.4) is 0 Å². The Morgan fingerprint density at radius 1 is 0.806 bits per heavy atom. The zero-order valence-corrected chi connectivity index (χ0v) is 38.7. The lowest BCUT2D eigenvalue weighted by Gasteiger charge is -2.27. The Balaban J connectivity index is 1.95. The van der Waals surface area contributed by atoms with Crippen molar-refractivity contribution in [2.75, 3.05) is 52.7 Å². The van der Waals surface area contributed by atoms with E-state index in [0.717, 1.165) is 35.3 Å². The SMILES string of the molecule is CN(C)C(=O)[C@H](CCCCN(C(=O)OC(C)(C)C)C(N)=NC(=O)OC(C)(C)C)CC(=O)[C@H](CCc1ccc(CCCCN=C(N)NC(=O)c2nc(Cl)c(N)nc2N)cc1)N(C)C. The minimum atomic E-state index is -0.943. The second-order valence-electron chi connectivity index (χ2n) is 17.3. The Bertz CT molecular complexity index is 1910. The van der Waals surface area contributed by atoms with Gasteiger partial charge in [-0.2, -0.15) is 0 Å². The zero-order valence-electron chi connectivity index (χ0n) is 37.9. The number of nitrogens with one attached hydrogen (secondary N) is 1. The molecule has 0 aliphatic heterocycles. The molecule has 0 aliphatic rings. The quantitative estimate of drug-likeness (QED) is 0.0736. The summed E-state index contributed by atoms with van der Waals surface area (Å²) in [5.74, 6) is -2.19. The predicted octanol–water partition coefficient (Wildman–Crippen LogP) is 4.55. The van der Waals surface area contributed by atoms with E-state index in [4.69, 9.17) is 44.0 Å². The highest BCUT2D eigenvalue weighted by molar-refractivity contribution is 6.31. The van der Waals surface area contributed by atoms with E-state index in [1.165, 1.54) is 4.90 Å². The number of benzene rings is 1. The molecule has 20 heteroatoms. The monoisotopic (exact) mass is 886 g/mol.